The minimum Gasteiger partial charge on any atom is -0.497 e. The van der Waals surface area contributed by atoms with Crippen molar-refractivity contribution in [1.82, 2.24) is 10.6 Å². The summed E-state index contributed by atoms with van der Waals surface area (Å²) in [4.78, 5) is 26.6. The maximum absolute atomic E-state index is 13.1. The van der Waals surface area contributed by atoms with E-state index in [1.807, 2.05) is 40.9 Å². The molecule has 1 aliphatic carbocycles. The van der Waals surface area contributed by atoms with Crippen LogP contribution in [0.1, 0.15) is 45.4 Å². The number of benzene rings is 1. The highest BCUT2D eigenvalue weighted by molar-refractivity contribution is 8.00. The van der Waals surface area contributed by atoms with Gasteiger partial charge in [0.15, 0.2) is 0 Å². The molecule has 158 valence electrons. The van der Waals surface area contributed by atoms with Gasteiger partial charge in [0.25, 0.3) is 0 Å². The highest BCUT2D eigenvalue weighted by Gasteiger charge is 2.42. The van der Waals surface area contributed by atoms with Crippen molar-refractivity contribution >= 4 is 29.4 Å². The number of anilines is 1. The molecular weight excluding hydrogens is 386 g/mol. The first-order valence-corrected chi connectivity index (χ1v) is 11.8. The maximum Gasteiger partial charge on any atom is 0.315 e. The van der Waals surface area contributed by atoms with E-state index in [9.17, 15) is 9.59 Å². The van der Waals surface area contributed by atoms with Crippen LogP contribution in [0.5, 0.6) is 5.75 Å². The number of carbonyl (C=O) groups excluding carboxylic acids is 2. The van der Waals surface area contributed by atoms with Crippen molar-refractivity contribution < 1.29 is 14.3 Å². The molecule has 2 heterocycles. The molecule has 0 spiro atoms. The Kier molecular flexibility index (Phi) is 6.23. The van der Waals surface area contributed by atoms with E-state index in [0.717, 1.165) is 36.5 Å². The average Bonchev–Trinajstić information content (AvgIpc) is 3.42. The van der Waals surface area contributed by atoms with Gasteiger partial charge in [-0.3, -0.25) is 4.79 Å². The minimum absolute atomic E-state index is 0.0373. The Bertz CT molecular complexity index is 737. The van der Waals surface area contributed by atoms with E-state index < -0.39 is 0 Å². The summed E-state index contributed by atoms with van der Waals surface area (Å²) in [5.41, 5.74) is 0.962. The number of unbranched alkanes of at least 4 members (excludes halogenated alkanes) is 1. The molecule has 7 heteroatoms. The molecule has 3 aliphatic rings. The molecule has 4 atom stereocenters. The molecule has 2 N–H and O–H groups in total. The lowest BCUT2D eigenvalue weighted by Gasteiger charge is -2.30. The van der Waals surface area contributed by atoms with E-state index in [4.69, 9.17) is 4.74 Å². The number of fused-ring (bicyclic) bond motifs is 1. The highest BCUT2D eigenvalue weighted by atomic mass is 32.2. The fourth-order valence-corrected chi connectivity index (χ4v) is 6.07. The monoisotopic (exact) mass is 417 g/mol. The van der Waals surface area contributed by atoms with Crippen molar-refractivity contribution in [2.75, 3.05) is 17.8 Å². The number of carbonyl (C=O) groups is 2. The lowest BCUT2D eigenvalue weighted by atomic mass is 10.0. The third kappa shape index (κ3) is 4.65. The second-order valence-corrected chi connectivity index (χ2v) is 9.68. The number of hydrogen-bond donors (Lipinski definition) is 2. The molecule has 2 aliphatic heterocycles. The first kappa shape index (κ1) is 20.4. The number of methoxy groups -OCH3 is 1. The van der Waals surface area contributed by atoms with Crippen molar-refractivity contribution in [1.29, 1.82) is 0 Å². The van der Waals surface area contributed by atoms with Crippen molar-refractivity contribution in [3.63, 3.8) is 0 Å². The number of hydrogen-bond acceptors (Lipinski definition) is 4. The Labute approximate surface area is 177 Å². The predicted octanol–water partition coefficient (Wildman–Crippen LogP) is 3.55. The molecule has 2 saturated heterocycles. The molecule has 0 radical (unpaired) electrons. The predicted molar refractivity (Wildman–Crippen MR) is 117 cm³/mol. The lowest BCUT2D eigenvalue weighted by molar-refractivity contribution is -0.119. The van der Waals surface area contributed by atoms with Crippen LogP contribution >= 0.6 is 11.8 Å². The summed E-state index contributed by atoms with van der Waals surface area (Å²) in [6.07, 6.45) is 5.93. The molecule has 29 heavy (non-hydrogen) atoms. The average molecular weight is 418 g/mol. The molecular formula is C22H31N3O3S. The third-order valence-corrected chi connectivity index (χ3v) is 7.91. The van der Waals surface area contributed by atoms with Crippen LogP contribution in [0, 0.1) is 5.92 Å². The summed E-state index contributed by atoms with van der Waals surface area (Å²) in [6.45, 7) is 2.17. The first-order chi connectivity index (χ1) is 14.1. The van der Waals surface area contributed by atoms with Gasteiger partial charge >= 0.3 is 6.03 Å². The normalized spacial score (nSPS) is 26.4. The zero-order valence-corrected chi connectivity index (χ0v) is 18.0. The Balaban J connectivity index is 1.30. The molecule has 1 unspecified atom stereocenters. The summed E-state index contributed by atoms with van der Waals surface area (Å²) in [5.74, 6) is 2.62. The second kappa shape index (κ2) is 8.86. The smallest absolute Gasteiger partial charge is 0.315 e. The van der Waals surface area contributed by atoms with E-state index in [1.165, 1.54) is 12.8 Å². The van der Waals surface area contributed by atoms with Crippen molar-refractivity contribution in [3.05, 3.63) is 24.3 Å². The van der Waals surface area contributed by atoms with Crippen LogP contribution in [-0.2, 0) is 4.79 Å². The summed E-state index contributed by atoms with van der Waals surface area (Å²) >= 11 is 1.93. The van der Waals surface area contributed by atoms with Gasteiger partial charge in [0, 0.05) is 29.2 Å². The van der Waals surface area contributed by atoms with Gasteiger partial charge in [-0.15, -0.1) is 0 Å². The number of rotatable bonds is 9. The zero-order chi connectivity index (χ0) is 20.4. The molecule has 3 amide bonds. The number of nitrogens with zero attached hydrogens (tertiary/aromatic N) is 1. The minimum atomic E-state index is -0.0373. The summed E-state index contributed by atoms with van der Waals surface area (Å²) < 4.78 is 5.26. The number of urea groups is 1. The van der Waals surface area contributed by atoms with Crippen LogP contribution in [0.2, 0.25) is 0 Å². The maximum atomic E-state index is 13.1. The molecule has 1 aromatic carbocycles. The lowest BCUT2D eigenvalue weighted by Crippen LogP contribution is -2.40. The number of ether oxygens (including phenoxy) is 1. The summed E-state index contributed by atoms with van der Waals surface area (Å²) in [6, 6.07) is 8.53. The second-order valence-electron chi connectivity index (χ2n) is 8.41. The first-order valence-electron chi connectivity index (χ1n) is 10.7. The largest absolute Gasteiger partial charge is 0.497 e. The van der Waals surface area contributed by atoms with Crippen LogP contribution in [0.15, 0.2) is 24.3 Å². The topological polar surface area (TPSA) is 70.7 Å². The Morgan fingerprint density at radius 3 is 2.69 bits per heavy atom. The fourth-order valence-electron chi connectivity index (χ4n) is 4.52. The van der Waals surface area contributed by atoms with Crippen molar-refractivity contribution in [2.45, 2.75) is 68.8 Å². The van der Waals surface area contributed by atoms with Gasteiger partial charge in [-0.2, -0.15) is 11.8 Å². The van der Waals surface area contributed by atoms with Crippen molar-refractivity contribution in [2.24, 2.45) is 5.92 Å². The fraction of sp³-hybridized carbons (Fsp3) is 0.636. The molecule has 6 nitrogen and oxygen atoms in total. The highest BCUT2D eigenvalue weighted by Crippen LogP contribution is 2.38. The number of amides is 3. The number of nitrogens with one attached hydrogen (secondary N) is 2. The van der Waals surface area contributed by atoms with Crippen LogP contribution in [0.25, 0.3) is 0 Å². The zero-order valence-electron chi connectivity index (χ0n) is 17.2. The van der Waals surface area contributed by atoms with Gasteiger partial charge in [0.1, 0.15) is 5.75 Å². The SMILES string of the molecule is COc1ccc(N(C(=O)CCCC[C@@H]2SC[C@@H]3NC(=O)N[C@@H]32)C(C)C2CC2)cc1. The van der Waals surface area contributed by atoms with Gasteiger partial charge in [-0.1, -0.05) is 6.42 Å². The van der Waals surface area contributed by atoms with Gasteiger partial charge in [0.05, 0.1) is 19.2 Å². The molecule has 1 aromatic rings. The van der Waals surface area contributed by atoms with E-state index in [1.54, 1.807) is 7.11 Å². The molecule has 0 bridgehead atoms. The summed E-state index contributed by atoms with van der Waals surface area (Å²) in [5, 5.41) is 6.48. The standard InChI is InChI=1S/C22H31N3O3S/c1-14(15-7-8-15)25(16-9-11-17(28-2)12-10-16)20(26)6-4-3-5-19-21-18(13-29-19)23-22(27)24-21/h9-12,14-15,18-19,21H,3-8,13H2,1-2H3,(H2,23,24,27)/t14?,18-,19-,21-/m0/s1. The Hall–Kier alpha value is -1.89. The van der Waals surface area contributed by atoms with Crippen LogP contribution in [-0.4, -0.2) is 48.2 Å². The van der Waals surface area contributed by atoms with Crippen molar-refractivity contribution in [3.8, 4) is 5.75 Å². The van der Waals surface area contributed by atoms with E-state index in [2.05, 4.69) is 17.6 Å². The van der Waals surface area contributed by atoms with E-state index in [-0.39, 0.29) is 30.1 Å². The van der Waals surface area contributed by atoms with Gasteiger partial charge in [0.2, 0.25) is 5.91 Å². The van der Waals surface area contributed by atoms with Crippen LogP contribution in [0.3, 0.4) is 0 Å². The van der Waals surface area contributed by atoms with Gasteiger partial charge in [-0.05, 0) is 62.8 Å². The Morgan fingerprint density at radius 2 is 2.00 bits per heavy atom. The van der Waals surface area contributed by atoms with Crippen LogP contribution in [0.4, 0.5) is 10.5 Å². The Morgan fingerprint density at radius 1 is 1.24 bits per heavy atom. The number of thioether (sulfide) groups is 1. The summed E-state index contributed by atoms with van der Waals surface area (Å²) in [7, 11) is 1.66. The molecule has 4 rings (SSSR count). The van der Waals surface area contributed by atoms with Crippen LogP contribution < -0.4 is 20.3 Å². The molecule has 3 fully saturated rings. The molecule has 1 saturated carbocycles. The quantitative estimate of drug-likeness (QED) is 0.476. The van der Waals surface area contributed by atoms with Gasteiger partial charge < -0.3 is 20.3 Å². The van der Waals surface area contributed by atoms with E-state index >= 15 is 0 Å². The molecule has 0 aromatic heterocycles. The van der Waals surface area contributed by atoms with Gasteiger partial charge in [-0.25, -0.2) is 4.79 Å². The van der Waals surface area contributed by atoms with E-state index in [0.29, 0.717) is 17.6 Å². The third-order valence-electron chi connectivity index (χ3n) is 6.40.